The molecule has 3 aromatic rings. The number of hydrogen-bond donors (Lipinski definition) is 0. The molecule has 142 valence electrons. The lowest BCUT2D eigenvalue weighted by atomic mass is 9.82. The molecule has 1 amide bonds. The molecule has 0 radical (unpaired) electrons. The molecule has 5 nitrogen and oxygen atoms in total. The lowest BCUT2D eigenvalue weighted by Crippen LogP contribution is -2.59. The van der Waals surface area contributed by atoms with Crippen molar-refractivity contribution in [2.24, 2.45) is 5.92 Å². The van der Waals surface area contributed by atoms with Crippen molar-refractivity contribution in [1.82, 2.24) is 19.6 Å². The molecular weight excluding hydrogens is 372 g/mol. The van der Waals surface area contributed by atoms with Gasteiger partial charge in [-0.25, -0.2) is 4.68 Å². The average molecular weight is 393 g/mol. The van der Waals surface area contributed by atoms with E-state index in [4.69, 9.17) is 16.7 Å². The van der Waals surface area contributed by atoms with Crippen molar-refractivity contribution in [1.29, 1.82) is 0 Å². The van der Waals surface area contributed by atoms with Gasteiger partial charge in [0.05, 0.1) is 29.0 Å². The monoisotopic (exact) mass is 392 g/mol. The highest BCUT2D eigenvalue weighted by molar-refractivity contribution is 6.30. The summed E-state index contributed by atoms with van der Waals surface area (Å²) in [7, 11) is 0. The van der Waals surface area contributed by atoms with Gasteiger partial charge < -0.3 is 9.80 Å². The van der Waals surface area contributed by atoms with Crippen LogP contribution in [0.4, 0.5) is 0 Å². The Morgan fingerprint density at radius 2 is 1.82 bits per heavy atom. The fourth-order valence-electron chi connectivity index (χ4n) is 5.26. The van der Waals surface area contributed by atoms with Crippen molar-refractivity contribution in [3.05, 3.63) is 58.7 Å². The summed E-state index contributed by atoms with van der Waals surface area (Å²) in [6.45, 7) is 3.95. The zero-order valence-corrected chi connectivity index (χ0v) is 16.3. The van der Waals surface area contributed by atoms with Gasteiger partial charge in [0, 0.05) is 23.0 Å². The van der Waals surface area contributed by atoms with Gasteiger partial charge in [-0.2, -0.15) is 5.10 Å². The number of rotatable bonds is 2. The van der Waals surface area contributed by atoms with E-state index in [1.165, 1.54) is 25.9 Å². The number of nitrogens with zero attached hydrogens (tertiary/aromatic N) is 4. The van der Waals surface area contributed by atoms with Crippen molar-refractivity contribution in [3.63, 3.8) is 0 Å². The Balaban J connectivity index is 1.45. The van der Waals surface area contributed by atoms with E-state index in [1.54, 1.807) is 0 Å². The number of aromatic nitrogens is 2. The first-order chi connectivity index (χ1) is 13.7. The number of benzene rings is 2. The van der Waals surface area contributed by atoms with Crippen LogP contribution in [-0.4, -0.2) is 51.2 Å². The standard InChI is InChI=1S/C22H21ClN4O/c23-15-4-6-16(7-5-15)27-19-3-1-2-17-21(19)18(24-27)12-26(22(17)28)20-13-25-10-8-14(20)9-11-25/h1-7,14,20H,8-13H2/t20-/m0/s1. The summed E-state index contributed by atoms with van der Waals surface area (Å²) >= 11 is 6.06. The Hall–Kier alpha value is -2.37. The maximum Gasteiger partial charge on any atom is 0.255 e. The molecule has 0 unspecified atom stereocenters. The summed E-state index contributed by atoms with van der Waals surface area (Å²) in [5.41, 5.74) is 3.73. The third-order valence-electron chi connectivity index (χ3n) is 6.68. The minimum Gasteiger partial charge on any atom is -0.328 e. The molecule has 4 aliphatic heterocycles. The van der Waals surface area contributed by atoms with E-state index in [9.17, 15) is 4.79 Å². The third kappa shape index (κ3) is 2.36. The van der Waals surface area contributed by atoms with Gasteiger partial charge in [-0.1, -0.05) is 17.7 Å². The van der Waals surface area contributed by atoms with Crippen LogP contribution in [0.3, 0.4) is 0 Å². The molecule has 28 heavy (non-hydrogen) atoms. The highest BCUT2D eigenvalue weighted by Gasteiger charge is 2.42. The highest BCUT2D eigenvalue weighted by atomic mass is 35.5. The summed E-state index contributed by atoms with van der Waals surface area (Å²) in [5.74, 6) is 0.778. The average Bonchev–Trinajstić information content (AvgIpc) is 3.11. The Kier molecular flexibility index (Phi) is 3.59. The first kappa shape index (κ1) is 16.6. The van der Waals surface area contributed by atoms with Crippen LogP contribution in [0.2, 0.25) is 5.02 Å². The van der Waals surface area contributed by atoms with Gasteiger partial charge in [-0.15, -0.1) is 0 Å². The fourth-order valence-corrected chi connectivity index (χ4v) is 5.38. The van der Waals surface area contributed by atoms with Gasteiger partial charge in [0.25, 0.3) is 5.91 Å². The molecule has 0 spiro atoms. The Bertz CT molecular complexity index is 1080. The van der Waals surface area contributed by atoms with E-state index >= 15 is 0 Å². The van der Waals surface area contributed by atoms with Crippen LogP contribution in [-0.2, 0) is 6.54 Å². The second-order valence-corrected chi connectivity index (χ2v) is 8.61. The molecule has 0 saturated carbocycles. The highest BCUT2D eigenvalue weighted by Crippen LogP contribution is 2.37. The summed E-state index contributed by atoms with van der Waals surface area (Å²) in [6.07, 6.45) is 2.40. The van der Waals surface area contributed by atoms with Crippen LogP contribution >= 0.6 is 11.6 Å². The molecule has 2 aromatic carbocycles. The van der Waals surface area contributed by atoms with E-state index in [-0.39, 0.29) is 5.91 Å². The Morgan fingerprint density at radius 3 is 2.54 bits per heavy atom. The molecule has 5 heterocycles. The van der Waals surface area contributed by atoms with Gasteiger partial charge in [0.2, 0.25) is 0 Å². The van der Waals surface area contributed by atoms with Crippen LogP contribution in [0.5, 0.6) is 0 Å². The van der Waals surface area contributed by atoms with Gasteiger partial charge >= 0.3 is 0 Å². The number of halogens is 1. The van der Waals surface area contributed by atoms with Crippen LogP contribution < -0.4 is 0 Å². The minimum atomic E-state index is 0.160. The molecule has 3 saturated heterocycles. The topological polar surface area (TPSA) is 41.4 Å². The summed E-state index contributed by atoms with van der Waals surface area (Å²) in [6, 6.07) is 14.0. The van der Waals surface area contributed by atoms with Crippen LogP contribution in [0.25, 0.3) is 16.6 Å². The van der Waals surface area contributed by atoms with Gasteiger partial charge in [0.1, 0.15) is 0 Å². The summed E-state index contributed by atoms with van der Waals surface area (Å²) in [5, 5.41) is 6.63. The number of carbonyl (C=O) groups is 1. The predicted octanol–water partition coefficient (Wildman–Crippen LogP) is 3.73. The normalized spacial score (nSPS) is 26.2. The van der Waals surface area contributed by atoms with Crippen molar-refractivity contribution in [3.8, 4) is 5.69 Å². The van der Waals surface area contributed by atoms with Gasteiger partial charge in [0.15, 0.2) is 0 Å². The third-order valence-corrected chi connectivity index (χ3v) is 6.94. The minimum absolute atomic E-state index is 0.160. The molecule has 1 atom stereocenters. The Labute approximate surface area is 168 Å². The molecular formula is C22H21ClN4O. The zero-order valence-electron chi connectivity index (χ0n) is 15.5. The van der Waals surface area contributed by atoms with E-state index in [1.807, 2.05) is 47.1 Å². The fraction of sp³-hybridized carbons (Fsp3) is 0.364. The molecule has 1 aromatic heterocycles. The maximum atomic E-state index is 13.4. The van der Waals surface area contributed by atoms with Crippen molar-refractivity contribution < 1.29 is 4.79 Å². The molecule has 0 N–H and O–H groups in total. The van der Waals surface area contributed by atoms with Crippen molar-refractivity contribution in [2.45, 2.75) is 25.4 Å². The van der Waals surface area contributed by atoms with E-state index in [2.05, 4.69) is 9.80 Å². The Morgan fingerprint density at radius 1 is 1.04 bits per heavy atom. The number of carbonyl (C=O) groups excluding carboxylic acids is 1. The smallest absolute Gasteiger partial charge is 0.255 e. The zero-order chi connectivity index (χ0) is 18.8. The maximum absolute atomic E-state index is 13.4. The first-order valence-corrected chi connectivity index (χ1v) is 10.4. The molecule has 6 heteroatoms. The first-order valence-electron chi connectivity index (χ1n) is 9.99. The van der Waals surface area contributed by atoms with E-state index in [0.29, 0.717) is 23.5 Å². The van der Waals surface area contributed by atoms with Crippen molar-refractivity contribution >= 4 is 28.4 Å². The number of hydrogen-bond acceptors (Lipinski definition) is 3. The second-order valence-electron chi connectivity index (χ2n) is 8.17. The largest absolute Gasteiger partial charge is 0.328 e. The van der Waals surface area contributed by atoms with Gasteiger partial charge in [-0.05, 0) is 68.2 Å². The number of piperidine rings is 3. The lowest BCUT2D eigenvalue weighted by molar-refractivity contribution is 0.00364. The van der Waals surface area contributed by atoms with E-state index in [0.717, 1.165) is 34.4 Å². The lowest BCUT2D eigenvalue weighted by Gasteiger charge is -2.49. The number of fused-ring (bicyclic) bond motifs is 3. The molecule has 4 aliphatic rings. The van der Waals surface area contributed by atoms with Crippen LogP contribution in [0, 0.1) is 5.92 Å². The van der Waals surface area contributed by atoms with Crippen molar-refractivity contribution in [2.75, 3.05) is 19.6 Å². The molecule has 7 rings (SSSR count). The second kappa shape index (κ2) is 6.06. The summed E-state index contributed by atoms with van der Waals surface area (Å²) < 4.78 is 1.94. The molecule has 0 aliphatic carbocycles. The molecule has 2 bridgehead atoms. The summed E-state index contributed by atoms with van der Waals surface area (Å²) in [4.78, 5) is 18.0. The molecule has 3 fully saturated rings. The van der Waals surface area contributed by atoms with Gasteiger partial charge in [-0.3, -0.25) is 4.79 Å². The SMILES string of the molecule is O=C1c2cccc3c2c(nn3-c2ccc(Cl)cc2)CN1[C@H]1CN2CCC1CC2. The number of amides is 1. The van der Waals surface area contributed by atoms with E-state index < -0.39 is 0 Å². The van der Waals surface area contributed by atoms with Crippen LogP contribution in [0.15, 0.2) is 42.5 Å². The quantitative estimate of drug-likeness (QED) is 0.667. The predicted molar refractivity (Wildman–Crippen MR) is 109 cm³/mol. The van der Waals surface area contributed by atoms with Crippen LogP contribution in [0.1, 0.15) is 28.9 Å².